The molecule has 34 heavy (non-hydrogen) atoms. The fourth-order valence-electron chi connectivity index (χ4n) is 5.86. The van der Waals surface area contributed by atoms with E-state index < -0.39 is 6.10 Å². The molecule has 1 heterocycles. The van der Waals surface area contributed by atoms with E-state index in [4.69, 9.17) is 21.1 Å². The average Bonchev–Trinajstić information content (AvgIpc) is 2.76. The van der Waals surface area contributed by atoms with E-state index in [0.29, 0.717) is 34.9 Å². The van der Waals surface area contributed by atoms with Gasteiger partial charge < -0.3 is 20.1 Å². The van der Waals surface area contributed by atoms with Gasteiger partial charge in [0.25, 0.3) is 5.91 Å². The molecule has 4 aliphatic rings. The minimum Gasteiger partial charge on any atom is -0.484 e. The second-order valence-electron chi connectivity index (χ2n) is 10.1. The molecule has 2 aromatic carbocycles. The maximum Gasteiger partial charge on any atom is 0.258 e. The van der Waals surface area contributed by atoms with Crippen molar-refractivity contribution in [2.75, 3.05) is 13.7 Å². The largest absolute Gasteiger partial charge is 0.484 e. The minimum atomic E-state index is -0.492. The van der Waals surface area contributed by atoms with E-state index in [-0.39, 0.29) is 41.1 Å². The SMILES string of the molecule is CNC1CC(C(=O)CC23CC(NC(=O)COc4ccc(C)c(F)c4)(C2)C3)Oc2ccc(Cl)cc21. The van der Waals surface area contributed by atoms with Gasteiger partial charge in [0, 0.05) is 41.1 Å². The number of hydrogen-bond donors (Lipinski definition) is 2. The highest BCUT2D eigenvalue weighted by atomic mass is 35.5. The molecule has 0 spiro atoms. The lowest BCUT2D eigenvalue weighted by atomic mass is 9.38. The lowest BCUT2D eigenvalue weighted by molar-refractivity contribution is -0.175. The third-order valence-electron chi connectivity index (χ3n) is 7.38. The number of rotatable bonds is 8. The molecule has 2 unspecified atom stereocenters. The maximum atomic E-state index is 13.6. The second kappa shape index (κ2) is 8.54. The molecular formula is C26H28ClFN2O4. The normalized spacial score (nSPS) is 28.6. The van der Waals surface area contributed by atoms with Crippen molar-refractivity contribution in [3.05, 3.63) is 58.4 Å². The highest BCUT2D eigenvalue weighted by Gasteiger charge is 2.68. The van der Waals surface area contributed by atoms with Crippen LogP contribution in [0.15, 0.2) is 36.4 Å². The fraction of sp³-hybridized carbons (Fsp3) is 0.462. The van der Waals surface area contributed by atoms with E-state index in [2.05, 4.69) is 10.6 Å². The smallest absolute Gasteiger partial charge is 0.258 e. The first kappa shape index (κ1) is 23.1. The molecule has 1 aliphatic heterocycles. The first-order valence-electron chi connectivity index (χ1n) is 11.6. The van der Waals surface area contributed by atoms with Gasteiger partial charge in [0.1, 0.15) is 17.3 Å². The van der Waals surface area contributed by atoms with Gasteiger partial charge in [0.15, 0.2) is 18.5 Å². The summed E-state index contributed by atoms with van der Waals surface area (Å²) in [6, 6.07) is 10.0. The van der Waals surface area contributed by atoms with Gasteiger partial charge in [-0.1, -0.05) is 17.7 Å². The third-order valence-corrected chi connectivity index (χ3v) is 7.62. The zero-order chi connectivity index (χ0) is 24.1. The predicted molar refractivity (Wildman–Crippen MR) is 126 cm³/mol. The van der Waals surface area contributed by atoms with E-state index in [1.807, 2.05) is 19.2 Å². The van der Waals surface area contributed by atoms with Gasteiger partial charge in [-0.05, 0) is 68.5 Å². The Morgan fingerprint density at radius 1 is 1.21 bits per heavy atom. The number of hydrogen-bond acceptors (Lipinski definition) is 5. The molecule has 180 valence electrons. The molecule has 3 saturated carbocycles. The Labute approximate surface area is 203 Å². The zero-order valence-corrected chi connectivity index (χ0v) is 20.0. The van der Waals surface area contributed by atoms with Crippen molar-refractivity contribution in [2.24, 2.45) is 5.41 Å². The van der Waals surface area contributed by atoms with E-state index in [1.54, 1.807) is 25.1 Å². The van der Waals surface area contributed by atoms with Crippen LogP contribution < -0.4 is 20.1 Å². The standard InChI is InChI=1S/C26H28ClFN2O4/c1-15-3-5-17(8-19(15)28)33-11-24(32)30-26-12-25(13-26,14-26)10-21(31)23-9-20(29-2)18-7-16(27)4-6-22(18)34-23/h3-8,20,23,29H,9-14H2,1-2H3,(H,30,32). The zero-order valence-electron chi connectivity index (χ0n) is 19.3. The van der Waals surface area contributed by atoms with Crippen LogP contribution in [0.5, 0.6) is 11.5 Å². The quantitative estimate of drug-likeness (QED) is 0.582. The molecular weight excluding hydrogens is 459 g/mol. The van der Waals surface area contributed by atoms with Gasteiger partial charge in [-0.15, -0.1) is 0 Å². The van der Waals surface area contributed by atoms with Crippen molar-refractivity contribution in [3.63, 3.8) is 0 Å². The number of nitrogens with one attached hydrogen (secondary N) is 2. The Balaban J connectivity index is 1.11. The van der Waals surface area contributed by atoms with E-state index >= 15 is 0 Å². The molecule has 2 atom stereocenters. The van der Waals surface area contributed by atoms with Crippen LogP contribution >= 0.6 is 11.6 Å². The minimum absolute atomic E-state index is 0.0112. The Morgan fingerprint density at radius 3 is 2.68 bits per heavy atom. The van der Waals surface area contributed by atoms with Crippen LogP contribution in [0.4, 0.5) is 4.39 Å². The molecule has 1 amide bonds. The van der Waals surface area contributed by atoms with Gasteiger partial charge in [-0.2, -0.15) is 0 Å². The van der Waals surface area contributed by atoms with E-state index in [9.17, 15) is 14.0 Å². The Morgan fingerprint density at radius 2 is 1.97 bits per heavy atom. The predicted octanol–water partition coefficient (Wildman–Crippen LogP) is 4.28. The molecule has 8 heteroatoms. The van der Waals surface area contributed by atoms with Crippen LogP contribution in [-0.4, -0.2) is 37.0 Å². The highest BCUT2D eigenvalue weighted by Crippen LogP contribution is 2.69. The maximum absolute atomic E-state index is 13.6. The van der Waals surface area contributed by atoms with Crippen LogP contribution in [0.3, 0.4) is 0 Å². The molecule has 0 radical (unpaired) electrons. The molecule has 2 N–H and O–H groups in total. The average molecular weight is 487 g/mol. The number of amides is 1. The number of Topliss-reactive ketones (excluding diaryl/α,β-unsaturated/α-hetero) is 1. The van der Waals surface area contributed by atoms with Crippen molar-refractivity contribution >= 4 is 23.3 Å². The molecule has 3 aliphatic carbocycles. The van der Waals surface area contributed by atoms with Gasteiger partial charge in [-0.25, -0.2) is 4.39 Å². The monoisotopic (exact) mass is 486 g/mol. The highest BCUT2D eigenvalue weighted by molar-refractivity contribution is 6.30. The van der Waals surface area contributed by atoms with Crippen molar-refractivity contribution < 1.29 is 23.5 Å². The van der Waals surface area contributed by atoms with Crippen LogP contribution in [0.2, 0.25) is 5.02 Å². The third kappa shape index (κ3) is 4.27. The molecule has 0 saturated heterocycles. The summed E-state index contributed by atoms with van der Waals surface area (Å²) >= 11 is 6.13. The number of carbonyl (C=O) groups is 2. The summed E-state index contributed by atoms with van der Waals surface area (Å²) in [5, 5.41) is 6.95. The van der Waals surface area contributed by atoms with Crippen LogP contribution in [0, 0.1) is 18.2 Å². The van der Waals surface area contributed by atoms with Crippen molar-refractivity contribution in [1.82, 2.24) is 10.6 Å². The number of carbonyl (C=O) groups excluding carboxylic acids is 2. The fourth-order valence-corrected chi connectivity index (χ4v) is 6.04. The number of aryl methyl sites for hydroxylation is 1. The van der Waals surface area contributed by atoms with E-state index in [0.717, 1.165) is 24.8 Å². The summed E-state index contributed by atoms with van der Waals surface area (Å²) in [5.41, 5.74) is 1.20. The summed E-state index contributed by atoms with van der Waals surface area (Å²) in [7, 11) is 1.87. The van der Waals surface area contributed by atoms with Gasteiger partial charge >= 0.3 is 0 Å². The first-order chi connectivity index (χ1) is 16.2. The van der Waals surface area contributed by atoms with Crippen LogP contribution in [0.25, 0.3) is 0 Å². The van der Waals surface area contributed by atoms with Crippen molar-refractivity contribution in [2.45, 2.75) is 56.7 Å². The molecule has 2 bridgehead atoms. The lowest BCUT2D eigenvalue weighted by Gasteiger charge is -2.70. The summed E-state index contributed by atoms with van der Waals surface area (Å²) in [5.74, 6) is 0.532. The number of ketones is 1. The Kier molecular flexibility index (Phi) is 5.81. The van der Waals surface area contributed by atoms with Crippen LogP contribution in [0.1, 0.15) is 49.3 Å². The van der Waals surface area contributed by atoms with E-state index in [1.165, 1.54) is 6.07 Å². The number of fused-ring (bicyclic) bond motifs is 1. The van der Waals surface area contributed by atoms with Gasteiger partial charge in [0.2, 0.25) is 0 Å². The van der Waals surface area contributed by atoms with Gasteiger partial charge in [0.05, 0.1) is 0 Å². The summed E-state index contributed by atoms with van der Waals surface area (Å²) in [4.78, 5) is 25.4. The molecule has 2 aromatic rings. The molecule has 3 fully saturated rings. The van der Waals surface area contributed by atoms with Crippen LogP contribution in [-0.2, 0) is 9.59 Å². The summed E-state index contributed by atoms with van der Waals surface area (Å²) in [6.45, 7) is 1.50. The molecule has 6 nitrogen and oxygen atoms in total. The van der Waals surface area contributed by atoms with Crippen molar-refractivity contribution in [3.8, 4) is 11.5 Å². The number of benzene rings is 2. The molecule has 6 rings (SSSR count). The summed E-state index contributed by atoms with van der Waals surface area (Å²) < 4.78 is 25.1. The first-order valence-corrected chi connectivity index (χ1v) is 11.9. The second-order valence-corrected chi connectivity index (χ2v) is 10.5. The lowest BCUT2D eigenvalue weighted by Crippen LogP contribution is -2.75. The van der Waals surface area contributed by atoms with Gasteiger partial charge in [-0.3, -0.25) is 9.59 Å². The summed E-state index contributed by atoms with van der Waals surface area (Å²) in [6.07, 6.45) is 2.88. The Bertz CT molecular complexity index is 1130. The topological polar surface area (TPSA) is 76.7 Å². The number of halogens is 2. The number of ether oxygens (including phenoxy) is 2. The Hall–Kier alpha value is -2.64. The van der Waals surface area contributed by atoms with Crippen molar-refractivity contribution in [1.29, 1.82) is 0 Å². The molecule has 0 aromatic heterocycles.